The smallest absolute Gasteiger partial charge is 0.257 e. The maximum Gasteiger partial charge on any atom is 0.257 e. The van der Waals surface area contributed by atoms with Gasteiger partial charge in [-0.1, -0.05) is 24.6 Å². The Hall–Kier alpha value is -3.04. The molecule has 2 amide bonds. The van der Waals surface area contributed by atoms with Gasteiger partial charge in [-0.2, -0.15) is 0 Å². The minimum absolute atomic E-state index is 0.130. The number of piperazine rings is 1. The van der Waals surface area contributed by atoms with Gasteiger partial charge in [-0.25, -0.2) is 0 Å². The number of amides is 2. The molecule has 1 saturated heterocycles. The number of benzene rings is 2. The third kappa shape index (κ3) is 6.06. The number of rotatable bonds is 6. The molecule has 0 atom stereocenters. The summed E-state index contributed by atoms with van der Waals surface area (Å²) in [6, 6.07) is 10.3. The maximum atomic E-state index is 12.7. The summed E-state index contributed by atoms with van der Waals surface area (Å²) in [5.74, 6) is 0.734. The third-order valence-corrected chi connectivity index (χ3v) is 5.84. The van der Waals surface area contributed by atoms with Crippen molar-refractivity contribution < 1.29 is 19.1 Å². The molecule has 8 nitrogen and oxygen atoms in total. The quantitative estimate of drug-likeness (QED) is 0.599. The first-order valence-corrected chi connectivity index (χ1v) is 11.3. The van der Waals surface area contributed by atoms with Crippen LogP contribution in [0.5, 0.6) is 11.5 Å². The topological polar surface area (TPSA) is 83.1 Å². The van der Waals surface area contributed by atoms with Crippen LogP contribution >= 0.6 is 23.8 Å². The van der Waals surface area contributed by atoms with E-state index in [1.165, 1.54) is 14.2 Å². The molecule has 0 radical (unpaired) electrons. The fraction of sp³-hybridized carbons (Fsp3) is 0.348. The van der Waals surface area contributed by atoms with Crippen LogP contribution in [0.2, 0.25) is 5.02 Å². The highest BCUT2D eigenvalue weighted by Gasteiger charge is 2.24. The summed E-state index contributed by atoms with van der Waals surface area (Å²) in [6.45, 7) is 4.40. The van der Waals surface area contributed by atoms with E-state index in [1.807, 2.05) is 24.0 Å². The summed E-state index contributed by atoms with van der Waals surface area (Å²) in [7, 11) is 3.03. The van der Waals surface area contributed by atoms with Gasteiger partial charge in [0, 0.05) is 44.2 Å². The van der Waals surface area contributed by atoms with Gasteiger partial charge in [-0.3, -0.25) is 14.9 Å². The Morgan fingerprint density at radius 1 is 1.06 bits per heavy atom. The van der Waals surface area contributed by atoms with E-state index in [0.717, 1.165) is 5.69 Å². The zero-order chi connectivity index (χ0) is 24.0. The number of methoxy groups -OCH3 is 2. The van der Waals surface area contributed by atoms with Crippen LogP contribution in [0.15, 0.2) is 36.4 Å². The lowest BCUT2D eigenvalue weighted by atomic mass is 10.2. The van der Waals surface area contributed by atoms with Crippen molar-refractivity contribution in [2.45, 2.75) is 13.3 Å². The van der Waals surface area contributed by atoms with Crippen molar-refractivity contribution >= 4 is 52.1 Å². The summed E-state index contributed by atoms with van der Waals surface area (Å²) < 4.78 is 10.4. The Morgan fingerprint density at radius 3 is 2.27 bits per heavy atom. The van der Waals surface area contributed by atoms with Crippen molar-refractivity contribution in [3.05, 3.63) is 47.0 Å². The van der Waals surface area contributed by atoms with Crippen LogP contribution < -0.4 is 25.0 Å². The standard InChI is InChI=1S/C23H27ClN4O4S/c1-4-20(29)27-8-10-28(11-9-27)21-18(24)6-5-7-19(21)25-23(33)26-22(30)15-12-16(31-2)14-17(13-15)32-3/h5-7,12-14H,4,8-11H2,1-3H3,(H2,25,26,30,33). The molecule has 1 heterocycles. The van der Waals surface area contributed by atoms with Crippen LogP contribution in [-0.2, 0) is 4.79 Å². The van der Waals surface area contributed by atoms with Crippen molar-refractivity contribution in [3.8, 4) is 11.5 Å². The Balaban J connectivity index is 1.71. The van der Waals surface area contributed by atoms with E-state index in [4.69, 9.17) is 33.3 Å². The van der Waals surface area contributed by atoms with Crippen LogP contribution in [0.3, 0.4) is 0 Å². The van der Waals surface area contributed by atoms with Gasteiger partial charge in [0.1, 0.15) is 11.5 Å². The largest absolute Gasteiger partial charge is 0.497 e. The number of anilines is 2. The summed E-state index contributed by atoms with van der Waals surface area (Å²) >= 11 is 11.9. The fourth-order valence-corrected chi connectivity index (χ4v) is 4.10. The summed E-state index contributed by atoms with van der Waals surface area (Å²) in [6.07, 6.45) is 0.492. The highest BCUT2D eigenvalue weighted by atomic mass is 35.5. The molecule has 33 heavy (non-hydrogen) atoms. The monoisotopic (exact) mass is 490 g/mol. The van der Waals surface area contributed by atoms with Crippen molar-refractivity contribution in [3.63, 3.8) is 0 Å². The molecule has 2 aromatic carbocycles. The van der Waals surface area contributed by atoms with Crippen LogP contribution in [0.1, 0.15) is 23.7 Å². The van der Waals surface area contributed by atoms with Gasteiger partial charge in [0.25, 0.3) is 5.91 Å². The minimum atomic E-state index is -0.403. The number of nitrogens with one attached hydrogen (secondary N) is 2. The van der Waals surface area contributed by atoms with Gasteiger partial charge >= 0.3 is 0 Å². The second-order valence-corrected chi connectivity index (χ2v) is 8.18. The maximum absolute atomic E-state index is 12.7. The molecule has 176 valence electrons. The number of carbonyl (C=O) groups is 2. The van der Waals surface area contributed by atoms with E-state index in [1.54, 1.807) is 24.3 Å². The molecule has 2 aromatic rings. The number of nitrogens with zero attached hydrogens (tertiary/aromatic N) is 2. The van der Waals surface area contributed by atoms with Crippen LogP contribution in [0.4, 0.5) is 11.4 Å². The van der Waals surface area contributed by atoms with Gasteiger partial charge in [-0.05, 0) is 36.5 Å². The first-order valence-electron chi connectivity index (χ1n) is 10.5. The normalized spacial score (nSPS) is 13.3. The Bertz CT molecular complexity index is 1020. The van der Waals surface area contributed by atoms with Crippen LogP contribution in [0.25, 0.3) is 0 Å². The van der Waals surface area contributed by atoms with E-state index >= 15 is 0 Å². The summed E-state index contributed by atoms with van der Waals surface area (Å²) in [4.78, 5) is 28.7. The van der Waals surface area contributed by atoms with E-state index in [-0.39, 0.29) is 11.0 Å². The molecule has 2 N–H and O–H groups in total. The molecule has 0 aromatic heterocycles. The number of thiocarbonyl (C=S) groups is 1. The van der Waals surface area contributed by atoms with Crippen molar-refractivity contribution in [1.82, 2.24) is 10.2 Å². The second kappa shape index (κ2) is 11.2. The third-order valence-electron chi connectivity index (χ3n) is 5.33. The predicted molar refractivity (Wildman–Crippen MR) is 134 cm³/mol. The molecule has 0 bridgehead atoms. The molecular weight excluding hydrogens is 464 g/mol. The molecule has 0 aliphatic carbocycles. The number of ether oxygens (including phenoxy) is 2. The van der Waals surface area contributed by atoms with E-state index in [2.05, 4.69) is 15.5 Å². The van der Waals surface area contributed by atoms with Crippen LogP contribution in [0, 0.1) is 0 Å². The SMILES string of the molecule is CCC(=O)N1CCN(c2c(Cl)cccc2NC(=S)NC(=O)c2cc(OC)cc(OC)c2)CC1. The van der Waals surface area contributed by atoms with Gasteiger partial charge in [0.2, 0.25) is 5.91 Å². The van der Waals surface area contributed by atoms with Gasteiger partial charge < -0.3 is 24.6 Å². The number of halogens is 1. The molecule has 10 heteroatoms. The average molecular weight is 491 g/mol. The Kier molecular flexibility index (Phi) is 8.35. The number of carbonyl (C=O) groups excluding carboxylic acids is 2. The first-order chi connectivity index (χ1) is 15.9. The molecule has 0 spiro atoms. The molecular formula is C23H27ClN4O4S. The molecule has 3 rings (SSSR count). The number of hydrogen-bond acceptors (Lipinski definition) is 6. The van der Waals surface area contributed by atoms with Crippen molar-refractivity contribution in [1.29, 1.82) is 0 Å². The molecule has 0 saturated carbocycles. The molecule has 1 aliphatic heterocycles. The second-order valence-electron chi connectivity index (χ2n) is 7.37. The molecule has 1 fully saturated rings. The average Bonchev–Trinajstić information content (AvgIpc) is 2.83. The highest BCUT2D eigenvalue weighted by molar-refractivity contribution is 7.80. The Morgan fingerprint density at radius 2 is 1.70 bits per heavy atom. The minimum Gasteiger partial charge on any atom is -0.497 e. The van der Waals surface area contributed by atoms with Crippen molar-refractivity contribution in [2.24, 2.45) is 0 Å². The van der Waals surface area contributed by atoms with E-state index < -0.39 is 5.91 Å². The Labute approximate surface area is 203 Å². The zero-order valence-corrected chi connectivity index (χ0v) is 20.4. The summed E-state index contributed by atoms with van der Waals surface area (Å²) in [5.41, 5.74) is 1.80. The van der Waals surface area contributed by atoms with Crippen LogP contribution in [-0.4, -0.2) is 62.2 Å². The van der Waals surface area contributed by atoms with Gasteiger partial charge in [-0.15, -0.1) is 0 Å². The lowest BCUT2D eigenvalue weighted by Gasteiger charge is -2.37. The molecule has 1 aliphatic rings. The predicted octanol–water partition coefficient (Wildman–Crippen LogP) is 3.54. The van der Waals surface area contributed by atoms with E-state index in [0.29, 0.717) is 60.4 Å². The summed E-state index contributed by atoms with van der Waals surface area (Å²) in [5, 5.41) is 6.45. The van der Waals surface area contributed by atoms with Crippen molar-refractivity contribution in [2.75, 3.05) is 50.6 Å². The lowest BCUT2D eigenvalue weighted by Crippen LogP contribution is -2.49. The number of para-hydroxylation sites is 1. The zero-order valence-electron chi connectivity index (χ0n) is 18.8. The lowest BCUT2D eigenvalue weighted by molar-refractivity contribution is -0.131. The number of hydrogen-bond donors (Lipinski definition) is 2. The highest BCUT2D eigenvalue weighted by Crippen LogP contribution is 2.34. The van der Waals surface area contributed by atoms with Gasteiger partial charge in [0.05, 0.1) is 30.6 Å². The molecule has 0 unspecified atom stereocenters. The van der Waals surface area contributed by atoms with Gasteiger partial charge in [0.15, 0.2) is 5.11 Å². The fourth-order valence-electron chi connectivity index (χ4n) is 3.61. The first kappa shape index (κ1) is 24.6. The van der Waals surface area contributed by atoms with E-state index in [9.17, 15) is 9.59 Å².